The zero-order valence-corrected chi connectivity index (χ0v) is 7.77. The van der Waals surface area contributed by atoms with Gasteiger partial charge in [-0.05, 0) is 19.4 Å². The molecule has 1 fully saturated rings. The van der Waals surface area contributed by atoms with Crippen molar-refractivity contribution in [2.45, 2.75) is 24.9 Å². The largest absolute Gasteiger partial charge is 0.328 e. The standard InChI is InChI=1S/C8H15N5/c1-13-8(5-11-12-13)7-4-6(9)2-3-10-7/h5-7,10H,2-4,9H2,1H3. The average Bonchev–Trinajstić information content (AvgIpc) is 2.51. The normalized spacial score (nSPS) is 29.1. The average molecular weight is 181 g/mol. The zero-order valence-electron chi connectivity index (χ0n) is 7.77. The summed E-state index contributed by atoms with van der Waals surface area (Å²) in [6, 6.07) is 0.630. The number of piperidine rings is 1. The van der Waals surface area contributed by atoms with E-state index in [1.54, 1.807) is 10.9 Å². The molecule has 2 unspecified atom stereocenters. The molecule has 0 saturated carbocycles. The molecule has 1 aromatic heterocycles. The molecule has 13 heavy (non-hydrogen) atoms. The summed E-state index contributed by atoms with van der Waals surface area (Å²) in [5.74, 6) is 0. The molecule has 5 heteroatoms. The smallest absolute Gasteiger partial charge is 0.0753 e. The maximum atomic E-state index is 5.89. The highest BCUT2D eigenvalue weighted by Gasteiger charge is 2.22. The van der Waals surface area contributed by atoms with Gasteiger partial charge in [-0.1, -0.05) is 5.21 Å². The summed E-state index contributed by atoms with van der Waals surface area (Å²) in [5.41, 5.74) is 7.01. The number of aryl methyl sites for hydroxylation is 1. The van der Waals surface area contributed by atoms with Crippen LogP contribution in [0.15, 0.2) is 6.20 Å². The molecular formula is C8H15N5. The predicted molar refractivity (Wildman–Crippen MR) is 49.0 cm³/mol. The van der Waals surface area contributed by atoms with Crippen LogP contribution in [0.3, 0.4) is 0 Å². The van der Waals surface area contributed by atoms with E-state index >= 15 is 0 Å². The SMILES string of the molecule is Cn1nncc1C1CC(N)CCN1. The van der Waals surface area contributed by atoms with Gasteiger partial charge >= 0.3 is 0 Å². The van der Waals surface area contributed by atoms with E-state index in [1.807, 2.05) is 7.05 Å². The van der Waals surface area contributed by atoms with Crippen LogP contribution in [0.5, 0.6) is 0 Å². The third-order valence-electron chi connectivity index (χ3n) is 2.55. The Hall–Kier alpha value is -0.940. The molecule has 72 valence electrons. The Kier molecular flexibility index (Phi) is 2.28. The summed E-state index contributed by atoms with van der Waals surface area (Å²) in [7, 11) is 1.91. The summed E-state index contributed by atoms with van der Waals surface area (Å²) < 4.78 is 1.80. The molecule has 1 aliphatic heterocycles. The second kappa shape index (κ2) is 3.43. The van der Waals surface area contributed by atoms with E-state index < -0.39 is 0 Å². The van der Waals surface area contributed by atoms with Crippen molar-refractivity contribution in [3.63, 3.8) is 0 Å². The first-order valence-corrected chi connectivity index (χ1v) is 4.61. The molecule has 3 N–H and O–H groups in total. The molecular weight excluding hydrogens is 166 g/mol. The molecule has 1 aliphatic rings. The highest BCUT2D eigenvalue weighted by atomic mass is 15.4. The lowest BCUT2D eigenvalue weighted by Gasteiger charge is -2.27. The van der Waals surface area contributed by atoms with Crippen LogP contribution in [0.2, 0.25) is 0 Å². The zero-order chi connectivity index (χ0) is 9.26. The molecule has 0 amide bonds. The summed E-state index contributed by atoms with van der Waals surface area (Å²) in [4.78, 5) is 0. The lowest BCUT2D eigenvalue weighted by Crippen LogP contribution is -2.39. The first kappa shape index (κ1) is 8.65. The van der Waals surface area contributed by atoms with Gasteiger partial charge < -0.3 is 11.1 Å². The van der Waals surface area contributed by atoms with Gasteiger partial charge in [0.1, 0.15) is 0 Å². The minimum atomic E-state index is 0.307. The van der Waals surface area contributed by atoms with Gasteiger partial charge in [0.15, 0.2) is 0 Å². The van der Waals surface area contributed by atoms with E-state index in [-0.39, 0.29) is 0 Å². The molecule has 5 nitrogen and oxygen atoms in total. The maximum Gasteiger partial charge on any atom is 0.0753 e. The van der Waals surface area contributed by atoms with Gasteiger partial charge in [-0.15, -0.1) is 5.10 Å². The molecule has 0 radical (unpaired) electrons. The van der Waals surface area contributed by atoms with Crippen LogP contribution in [-0.4, -0.2) is 27.6 Å². The number of nitrogens with zero attached hydrogens (tertiary/aromatic N) is 3. The minimum absolute atomic E-state index is 0.307. The Labute approximate surface area is 77.3 Å². The van der Waals surface area contributed by atoms with Gasteiger partial charge in [0.2, 0.25) is 0 Å². The van der Waals surface area contributed by atoms with Crippen molar-refractivity contribution in [3.8, 4) is 0 Å². The Morgan fingerprint density at radius 2 is 2.54 bits per heavy atom. The molecule has 0 bridgehead atoms. The maximum absolute atomic E-state index is 5.89. The number of hydrogen-bond acceptors (Lipinski definition) is 4. The summed E-state index contributed by atoms with van der Waals surface area (Å²) in [6.45, 7) is 0.983. The van der Waals surface area contributed by atoms with Gasteiger partial charge in [0, 0.05) is 13.1 Å². The second-order valence-electron chi connectivity index (χ2n) is 3.57. The minimum Gasteiger partial charge on any atom is -0.328 e. The quantitative estimate of drug-likeness (QED) is 0.616. The Bertz CT molecular complexity index is 282. The van der Waals surface area contributed by atoms with Gasteiger partial charge in [0.05, 0.1) is 17.9 Å². The van der Waals surface area contributed by atoms with Crippen LogP contribution < -0.4 is 11.1 Å². The molecule has 1 aromatic rings. The fraction of sp³-hybridized carbons (Fsp3) is 0.750. The van der Waals surface area contributed by atoms with Crippen molar-refractivity contribution < 1.29 is 0 Å². The van der Waals surface area contributed by atoms with E-state index in [4.69, 9.17) is 5.73 Å². The van der Waals surface area contributed by atoms with E-state index in [0.717, 1.165) is 25.1 Å². The third-order valence-corrected chi connectivity index (χ3v) is 2.55. The van der Waals surface area contributed by atoms with E-state index in [2.05, 4.69) is 15.6 Å². The molecule has 0 spiro atoms. The van der Waals surface area contributed by atoms with Crippen LogP contribution in [0.1, 0.15) is 24.6 Å². The third kappa shape index (κ3) is 1.71. The molecule has 2 atom stereocenters. The van der Waals surface area contributed by atoms with Gasteiger partial charge in [-0.3, -0.25) is 4.68 Å². The fourth-order valence-electron chi connectivity index (χ4n) is 1.79. The Morgan fingerprint density at radius 1 is 1.69 bits per heavy atom. The van der Waals surface area contributed by atoms with Crippen LogP contribution in [-0.2, 0) is 7.05 Å². The topological polar surface area (TPSA) is 68.8 Å². The van der Waals surface area contributed by atoms with Crippen LogP contribution in [0, 0.1) is 0 Å². The van der Waals surface area contributed by atoms with Crippen molar-refractivity contribution in [1.29, 1.82) is 0 Å². The number of nitrogens with one attached hydrogen (secondary N) is 1. The summed E-state index contributed by atoms with van der Waals surface area (Å²) in [6.07, 6.45) is 3.83. The van der Waals surface area contributed by atoms with Gasteiger partial charge in [0.25, 0.3) is 0 Å². The molecule has 0 aromatic carbocycles. The van der Waals surface area contributed by atoms with Crippen LogP contribution in [0.4, 0.5) is 0 Å². The molecule has 1 saturated heterocycles. The second-order valence-corrected chi connectivity index (χ2v) is 3.57. The van der Waals surface area contributed by atoms with E-state index in [1.165, 1.54) is 0 Å². The summed E-state index contributed by atoms with van der Waals surface area (Å²) >= 11 is 0. The summed E-state index contributed by atoms with van der Waals surface area (Å²) in [5, 5.41) is 11.2. The number of aromatic nitrogens is 3. The van der Waals surface area contributed by atoms with Crippen LogP contribution >= 0.6 is 0 Å². The lowest BCUT2D eigenvalue weighted by atomic mass is 9.98. The van der Waals surface area contributed by atoms with Crippen LogP contribution in [0.25, 0.3) is 0 Å². The fourth-order valence-corrected chi connectivity index (χ4v) is 1.79. The van der Waals surface area contributed by atoms with Crippen molar-refractivity contribution in [3.05, 3.63) is 11.9 Å². The first-order chi connectivity index (χ1) is 6.27. The van der Waals surface area contributed by atoms with Crippen molar-refractivity contribution in [1.82, 2.24) is 20.3 Å². The van der Waals surface area contributed by atoms with Crippen molar-refractivity contribution in [2.75, 3.05) is 6.54 Å². The van der Waals surface area contributed by atoms with Crippen molar-refractivity contribution >= 4 is 0 Å². The molecule has 2 heterocycles. The Morgan fingerprint density at radius 3 is 3.15 bits per heavy atom. The van der Waals surface area contributed by atoms with E-state index in [9.17, 15) is 0 Å². The monoisotopic (exact) mass is 181 g/mol. The number of hydrogen-bond donors (Lipinski definition) is 2. The predicted octanol–water partition coefficient (Wildman–Crippen LogP) is -0.433. The lowest BCUT2D eigenvalue weighted by molar-refractivity contribution is 0.355. The number of rotatable bonds is 1. The highest BCUT2D eigenvalue weighted by molar-refractivity contribution is 5.04. The molecule has 0 aliphatic carbocycles. The first-order valence-electron chi connectivity index (χ1n) is 4.61. The Balaban J connectivity index is 2.12. The van der Waals surface area contributed by atoms with Gasteiger partial charge in [-0.25, -0.2) is 0 Å². The number of nitrogens with two attached hydrogens (primary N) is 1. The van der Waals surface area contributed by atoms with Crippen molar-refractivity contribution in [2.24, 2.45) is 12.8 Å². The molecule has 2 rings (SSSR count). The van der Waals surface area contributed by atoms with E-state index in [0.29, 0.717) is 12.1 Å². The highest BCUT2D eigenvalue weighted by Crippen LogP contribution is 2.20. The van der Waals surface area contributed by atoms with Gasteiger partial charge in [-0.2, -0.15) is 0 Å².